The number of ether oxygens (including phenoxy) is 1. The molecule has 0 unspecified atom stereocenters. The summed E-state index contributed by atoms with van der Waals surface area (Å²) in [6, 6.07) is 6.24. The zero-order chi connectivity index (χ0) is 11.4. The van der Waals surface area contributed by atoms with E-state index in [-0.39, 0.29) is 0 Å². The first-order valence-electron chi connectivity index (χ1n) is 5.39. The molecule has 1 heterocycles. The molecule has 0 saturated carbocycles. The van der Waals surface area contributed by atoms with Crippen LogP contribution in [0.15, 0.2) is 35.2 Å². The number of aromatic nitrogens is 1. The van der Waals surface area contributed by atoms with Gasteiger partial charge in [-0.25, -0.2) is 4.98 Å². The van der Waals surface area contributed by atoms with Crippen LogP contribution in [0.2, 0.25) is 0 Å². The number of rotatable bonds is 4. The Balaban J connectivity index is 2.04. The normalized spacial score (nSPS) is 10.4. The first kappa shape index (κ1) is 10.7. The van der Waals surface area contributed by atoms with Crippen LogP contribution in [-0.4, -0.2) is 4.98 Å². The Morgan fingerprint density at radius 3 is 2.88 bits per heavy atom. The summed E-state index contributed by atoms with van der Waals surface area (Å²) in [6.45, 7) is 4.62. The van der Waals surface area contributed by atoms with Gasteiger partial charge in [0.25, 0.3) is 0 Å². The fourth-order valence-corrected chi connectivity index (χ4v) is 1.56. The molecule has 3 heteroatoms. The third-order valence-corrected chi connectivity index (χ3v) is 2.50. The number of benzene rings is 1. The van der Waals surface area contributed by atoms with Crippen molar-refractivity contribution < 1.29 is 9.15 Å². The lowest BCUT2D eigenvalue weighted by molar-refractivity contribution is 0.268. The standard InChI is InChI=1S/C13H15NO2/c1-3-11-4-5-13(10(2)6-11)15-8-12-7-14-9-16-12/h4-7,9H,3,8H2,1-2H3. The number of aryl methyl sites for hydroxylation is 2. The minimum Gasteiger partial charge on any atom is -0.485 e. The largest absolute Gasteiger partial charge is 0.485 e. The lowest BCUT2D eigenvalue weighted by Crippen LogP contribution is -1.96. The molecule has 84 valence electrons. The van der Waals surface area contributed by atoms with Crippen molar-refractivity contribution in [2.75, 3.05) is 0 Å². The number of nitrogens with zero attached hydrogens (tertiary/aromatic N) is 1. The zero-order valence-electron chi connectivity index (χ0n) is 9.56. The number of hydrogen-bond donors (Lipinski definition) is 0. The molecule has 0 aliphatic carbocycles. The van der Waals surface area contributed by atoms with Gasteiger partial charge < -0.3 is 9.15 Å². The molecule has 0 aliphatic heterocycles. The van der Waals surface area contributed by atoms with Gasteiger partial charge in [-0.3, -0.25) is 0 Å². The van der Waals surface area contributed by atoms with E-state index in [0.717, 1.165) is 23.5 Å². The predicted octanol–water partition coefficient (Wildman–Crippen LogP) is 3.12. The van der Waals surface area contributed by atoms with Crippen molar-refractivity contribution in [2.45, 2.75) is 26.9 Å². The Morgan fingerprint density at radius 2 is 2.25 bits per heavy atom. The van der Waals surface area contributed by atoms with E-state index in [1.807, 2.05) is 6.07 Å². The monoisotopic (exact) mass is 217 g/mol. The summed E-state index contributed by atoms with van der Waals surface area (Å²) < 4.78 is 10.8. The van der Waals surface area contributed by atoms with Crippen molar-refractivity contribution in [1.82, 2.24) is 4.98 Å². The van der Waals surface area contributed by atoms with Crippen molar-refractivity contribution in [3.8, 4) is 5.75 Å². The van der Waals surface area contributed by atoms with E-state index in [0.29, 0.717) is 6.61 Å². The van der Waals surface area contributed by atoms with Crippen molar-refractivity contribution in [1.29, 1.82) is 0 Å². The van der Waals surface area contributed by atoms with Crippen molar-refractivity contribution in [3.63, 3.8) is 0 Å². The smallest absolute Gasteiger partial charge is 0.181 e. The molecule has 1 aromatic carbocycles. The molecule has 16 heavy (non-hydrogen) atoms. The van der Waals surface area contributed by atoms with E-state index in [1.165, 1.54) is 12.0 Å². The van der Waals surface area contributed by atoms with Crippen LogP contribution in [0.1, 0.15) is 23.8 Å². The van der Waals surface area contributed by atoms with Crippen LogP contribution >= 0.6 is 0 Å². The minimum absolute atomic E-state index is 0.423. The average Bonchev–Trinajstić information content (AvgIpc) is 2.80. The second-order valence-corrected chi connectivity index (χ2v) is 3.71. The molecule has 3 nitrogen and oxygen atoms in total. The molecule has 0 N–H and O–H groups in total. The second kappa shape index (κ2) is 4.84. The first-order chi connectivity index (χ1) is 7.79. The molecule has 0 atom stereocenters. The molecule has 1 aromatic heterocycles. The Hall–Kier alpha value is -1.77. The van der Waals surface area contributed by atoms with Gasteiger partial charge in [0.1, 0.15) is 12.4 Å². The fourth-order valence-electron chi connectivity index (χ4n) is 1.56. The molecular formula is C13H15NO2. The summed E-state index contributed by atoms with van der Waals surface area (Å²) in [5.41, 5.74) is 2.48. The molecule has 0 saturated heterocycles. The maximum atomic E-state index is 5.65. The van der Waals surface area contributed by atoms with Crippen LogP contribution in [0.25, 0.3) is 0 Å². The summed E-state index contributed by atoms with van der Waals surface area (Å²) in [6.07, 6.45) is 4.12. The van der Waals surface area contributed by atoms with Crippen LogP contribution in [0.5, 0.6) is 5.75 Å². The van der Waals surface area contributed by atoms with Gasteiger partial charge in [-0.2, -0.15) is 0 Å². The quantitative estimate of drug-likeness (QED) is 0.789. The van der Waals surface area contributed by atoms with Gasteiger partial charge in [0.15, 0.2) is 12.2 Å². The Morgan fingerprint density at radius 1 is 1.38 bits per heavy atom. The average molecular weight is 217 g/mol. The van der Waals surface area contributed by atoms with Gasteiger partial charge >= 0.3 is 0 Å². The molecule has 2 aromatic rings. The first-order valence-corrected chi connectivity index (χ1v) is 5.39. The summed E-state index contributed by atoms with van der Waals surface area (Å²) in [5, 5.41) is 0. The van der Waals surface area contributed by atoms with Crippen molar-refractivity contribution >= 4 is 0 Å². The topological polar surface area (TPSA) is 35.3 Å². The zero-order valence-corrected chi connectivity index (χ0v) is 9.56. The van der Waals surface area contributed by atoms with Crippen LogP contribution in [-0.2, 0) is 13.0 Å². The van der Waals surface area contributed by atoms with E-state index < -0.39 is 0 Å². The SMILES string of the molecule is CCc1ccc(OCc2cnco2)c(C)c1. The van der Waals surface area contributed by atoms with Crippen LogP contribution in [0.3, 0.4) is 0 Å². The highest BCUT2D eigenvalue weighted by Crippen LogP contribution is 2.20. The maximum Gasteiger partial charge on any atom is 0.181 e. The highest BCUT2D eigenvalue weighted by Gasteiger charge is 2.02. The molecular weight excluding hydrogens is 202 g/mol. The van der Waals surface area contributed by atoms with Gasteiger partial charge in [0.05, 0.1) is 6.20 Å². The number of hydrogen-bond acceptors (Lipinski definition) is 3. The van der Waals surface area contributed by atoms with Gasteiger partial charge in [-0.1, -0.05) is 19.1 Å². The van der Waals surface area contributed by atoms with E-state index in [9.17, 15) is 0 Å². The van der Waals surface area contributed by atoms with E-state index in [1.54, 1.807) is 6.20 Å². The van der Waals surface area contributed by atoms with E-state index in [4.69, 9.17) is 9.15 Å². The van der Waals surface area contributed by atoms with Crippen LogP contribution in [0.4, 0.5) is 0 Å². The predicted molar refractivity (Wildman–Crippen MR) is 61.4 cm³/mol. The summed E-state index contributed by atoms with van der Waals surface area (Å²) in [7, 11) is 0. The molecule has 2 rings (SSSR count). The van der Waals surface area contributed by atoms with Crippen LogP contribution < -0.4 is 4.74 Å². The Labute approximate surface area is 95.1 Å². The summed E-state index contributed by atoms with van der Waals surface area (Å²) in [4.78, 5) is 3.84. The van der Waals surface area contributed by atoms with Crippen molar-refractivity contribution in [3.05, 3.63) is 47.7 Å². The highest BCUT2D eigenvalue weighted by molar-refractivity contribution is 5.36. The summed E-state index contributed by atoms with van der Waals surface area (Å²) >= 11 is 0. The van der Waals surface area contributed by atoms with E-state index >= 15 is 0 Å². The number of oxazole rings is 1. The van der Waals surface area contributed by atoms with Crippen molar-refractivity contribution in [2.24, 2.45) is 0 Å². The molecule has 0 radical (unpaired) electrons. The molecule has 0 aliphatic rings. The fraction of sp³-hybridized carbons (Fsp3) is 0.308. The molecule has 0 bridgehead atoms. The van der Waals surface area contributed by atoms with E-state index in [2.05, 4.69) is 31.0 Å². The van der Waals surface area contributed by atoms with Gasteiger partial charge in [0.2, 0.25) is 0 Å². The molecule has 0 spiro atoms. The molecule has 0 fully saturated rings. The second-order valence-electron chi connectivity index (χ2n) is 3.71. The van der Waals surface area contributed by atoms with Gasteiger partial charge in [-0.05, 0) is 30.5 Å². The Kier molecular flexibility index (Phi) is 3.25. The molecule has 0 amide bonds. The van der Waals surface area contributed by atoms with Gasteiger partial charge in [0, 0.05) is 0 Å². The maximum absolute atomic E-state index is 5.65. The van der Waals surface area contributed by atoms with Crippen LogP contribution in [0, 0.1) is 6.92 Å². The lowest BCUT2D eigenvalue weighted by Gasteiger charge is -2.08. The van der Waals surface area contributed by atoms with Gasteiger partial charge in [-0.15, -0.1) is 0 Å². The minimum atomic E-state index is 0.423. The lowest BCUT2D eigenvalue weighted by atomic mass is 10.1. The highest BCUT2D eigenvalue weighted by atomic mass is 16.5. The third kappa shape index (κ3) is 2.42. The Bertz CT molecular complexity index is 449. The summed E-state index contributed by atoms with van der Waals surface area (Å²) in [5.74, 6) is 1.63. The third-order valence-electron chi connectivity index (χ3n) is 2.50.